The predicted octanol–water partition coefficient (Wildman–Crippen LogP) is 12.7. The Bertz CT molecular complexity index is 2670. The van der Waals surface area contributed by atoms with Crippen molar-refractivity contribution in [1.82, 2.24) is 19.9 Å². The molecule has 0 atom stereocenters. The molecule has 4 heteroatoms. The molecule has 0 bridgehead atoms. The van der Waals surface area contributed by atoms with Crippen molar-refractivity contribution >= 4 is 10.8 Å². The molecule has 0 spiro atoms. The van der Waals surface area contributed by atoms with Crippen molar-refractivity contribution < 1.29 is 0 Å². The molecule has 2 heterocycles. The highest BCUT2D eigenvalue weighted by Crippen LogP contribution is 2.37. The van der Waals surface area contributed by atoms with Crippen LogP contribution in [0.2, 0.25) is 0 Å². The molecule has 0 unspecified atom stereocenters. The Labute approximate surface area is 315 Å². The van der Waals surface area contributed by atoms with E-state index in [0.717, 1.165) is 78.7 Å². The minimum absolute atomic E-state index is 0.683. The van der Waals surface area contributed by atoms with Gasteiger partial charge >= 0.3 is 0 Å². The fourth-order valence-electron chi connectivity index (χ4n) is 7.17. The van der Waals surface area contributed by atoms with Gasteiger partial charge in [0.25, 0.3) is 0 Å². The molecule has 0 saturated heterocycles. The van der Waals surface area contributed by atoms with Crippen LogP contribution in [0.1, 0.15) is 11.4 Å². The van der Waals surface area contributed by atoms with E-state index in [9.17, 15) is 0 Å². The van der Waals surface area contributed by atoms with Crippen molar-refractivity contribution in [2.75, 3.05) is 0 Å². The molecule has 9 aromatic rings. The van der Waals surface area contributed by atoms with Gasteiger partial charge in [-0.2, -0.15) is 0 Å². The third-order valence-electron chi connectivity index (χ3n) is 9.83. The zero-order valence-corrected chi connectivity index (χ0v) is 30.1. The van der Waals surface area contributed by atoms with Crippen LogP contribution in [0.5, 0.6) is 0 Å². The summed E-state index contributed by atoms with van der Waals surface area (Å²) >= 11 is 0. The average Bonchev–Trinajstić information content (AvgIpc) is 3.23. The van der Waals surface area contributed by atoms with Gasteiger partial charge in [0.15, 0.2) is 11.6 Å². The molecular weight excluding hydrogens is 657 g/mol. The lowest BCUT2D eigenvalue weighted by atomic mass is 9.92. The smallest absolute Gasteiger partial charge is 0.160 e. The Kier molecular flexibility index (Phi) is 8.62. The second kappa shape index (κ2) is 14.2. The number of fused-ring (bicyclic) bond motifs is 1. The van der Waals surface area contributed by atoms with E-state index >= 15 is 0 Å². The average molecular weight is 693 g/mol. The van der Waals surface area contributed by atoms with Gasteiger partial charge in [0.2, 0.25) is 0 Å². The molecule has 0 aliphatic heterocycles. The zero-order valence-electron chi connectivity index (χ0n) is 30.1. The molecular formula is C50H36N4. The van der Waals surface area contributed by atoms with E-state index in [4.69, 9.17) is 9.97 Å². The molecule has 256 valence electrons. The van der Waals surface area contributed by atoms with Gasteiger partial charge in [-0.15, -0.1) is 0 Å². The molecule has 0 radical (unpaired) electrons. The molecule has 0 amide bonds. The summed E-state index contributed by atoms with van der Waals surface area (Å²) in [5, 5.41) is 2.41. The number of nitrogens with zero attached hydrogens (tertiary/aromatic N) is 4. The van der Waals surface area contributed by atoms with E-state index in [0.29, 0.717) is 5.82 Å². The Morgan fingerprint density at radius 3 is 1.37 bits per heavy atom. The van der Waals surface area contributed by atoms with Gasteiger partial charge in [0.1, 0.15) is 0 Å². The standard InChI is InChI=1S/C50H36N4/c1-33-28-34(2)52-49(51-33)41-26-24-36(25-27-41)35-20-22-37(23-21-35)42-29-43(46-19-11-17-38-12-9-10-18-45(38)46)31-44(30-42)50-53-47(39-13-5-3-6-14-39)32-48(54-50)40-15-7-4-8-16-40/h3-32H,1-2H3. The lowest BCUT2D eigenvalue weighted by Crippen LogP contribution is -1.97. The van der Waals surface area contributed by atoms with Gasteiger partial charge < -0.3 is 0 Å². The molecule has 0 fully saturated rings. The van der Waals surface area contributed by atoms with Gasteiger partial charge in [0.05, 0.1) is 11.4 Å². The fourth-order valence-corrected chi connectivity index (χ4v) is 7.17. The summed E-state index contributed by atoms with van der Waals surface area (Å²) in [7, 11) is 0. The van der Waals surface area contributed by atoms with Crippen molar-refractivity contribution in [2.45, 2.75) is 13.8 Å². The van der Waals surface area contributed by atoms with Crippen molar-refractivity contribution in [2.24, 2.45) is 0 Å². The first-order valence-corrected chi connectivity index (χ1v) is 18.2. The Morgan fingerprint density at radius 2 is 0.759 bits per heavy atom. The fraction of sp³-hybridized carbons (Fsp3) is 0.0400. The quantitative estimate of drug-likeness (QED) is 0.167. The summed E-state index contributed by atoms with van der Waals surface area (Å²) < 4.78 is 0. The maximum atomic E-state index is 5.20. The predicted molar refractivity (Wildman–Crippen MR) is 223 cm³/mol. The number of aryl methyl sites for hydroxylation is 2. The van der Waals surface area contributed by atoms with Gasteiger partial charge in [0, 0.05) is 33.6 Å². The van der Waals surface area contributed by atoms with Crippen molar-refractivity contribution in [3.8, 4) is 78.7 Å². The second-order valence-corrected chi connectivity index (χ2v) is 13.6. The zero-order chi connectivity index (χ0) is 36.4. The molecule has 0 saturated carbocycles. The molecule has 54 heavy (non-hydrogen) atoms. The molecule has 2 aromatic heterocycles. The summed E-state index contributed by atoms with van der Waals surface area (Å²) in [6, 6.07) is 63.9. The number of aromatic nitrogens is 4. The summed E-state index contributed by atoms with van der Waals surface area (Å²) in [5.74, 6) is 1.44. The molecule has 0 aliphatic carbocycles. The first kappa shape index (κ1) is 32.8. The Hall–Kier alpha value is -7.04. The Morgan fingerprint density at radius 1 is 0.296 bits per heavy atom. The van der Waals surface area contributed by atoms with Crippen molar-refractivity contribution in [3.63, 3.8) is 0 Å². The minimum atomic E-state index is 0.683. The number of hydrogen-bond acceptors (Lipinski definition) is 4. The van der Waals surface area contributed by atoms with Gasteiger partial charge in [-0.3, -0.25) is 0 Å². The number of rotatable bonds is 7. The van der Waals surface area contributed by atoms with Crippen molar-refractivity contribution in [1.29, 1.82) is 0 Å². The van der Waals surface area contributed by atoms with E-state index in [-0.39, 0.29) is 0 Å². The van der Waals surface area contributed by atoms with Crippen LogP contribution in [0.4, 0.5) is 0 Å². The van der Waals surface area contributed by atoms with Crippen LogP contribution in [0.3, 0.4) is 0 Å². The van der Waals surface area contributed by atoms with Crippen LogP contribution in [0, 0.1) is 13.8 Å². The largest absolute Gasteiger partial charge is 0.233 e. The Balaban J connectivity index is 1.16. The van der Waals surface area contributed by atoms with Crippen LogP contribution in [-0.4, -0.2) is 19.9 Å². The lowest BCUT2D eigenvalue weighted by Gasteiger charge is -2.14. The van der Waals surface area contributed by atoms with E-state index < -0.39 is 0 Å². The first-order valence-electron chi connectivity index (χ1n) is 18.2. The SMILES string of the molecule is Cc1cc(C)nc(-c2ccc(-c3ccc(-c4cc(-c5nc(-c6ccccc6)cc(-c6ccccc6)n5)cc(-c5cccc6ccccc56)c4)cc3)cc2)n1. The highest BCUT2D eigenvalue weighted by Gasteiger charge is 2.15. The monoisotopic (exact) mass is 692 g/mol. The van der Waals surface area contributed by atoms with E-state index in [1.54, 1.807) is 0 Å². The summed E-state index contributed by atoms with van der Waals surface area (Å²) in [6.45, 7) is 4.01. The first-order chi connectivity index (χ1) is 26.5. The topological polar surface area (TPSA) is 51.6 Å². The second-order valence-electron chi connectivity index (χ2n) is 13.6. The molecule has 0 aliphatic rings. The van der Waals surface area contributed by atoms with E-state index in [1.807, 2.05) is 32.0 Å². The summed E-state index contributed by atoms with van der Waals surface area (Å²) in [5.41, 5.74) is 14.6. The highest BCUT2D eigenvalue weighted by atomic mass is 14.9. The molecule has 9 rings (SSSR count). The van der Waals surface area contributed by atoms with Crippen molar-refractivity contribution in [3.05, 3.63) is 193 Å². The number of benzene rings is 7. The molecule has 4 nitrogen and oxygen atoms in total. The highest BCUT2D eigenvalue weighted by molar-refractivity contribution is 5.98. The summed E-state index contributed by atoms with van der Waals surface area (Å²) in [4.78, 5) is 19.7. The molecule has 7 aromatic carbocycles. The van der Waals surface area contributed by atoms with Crippen LogP contribution < -0.4 is 0 Å². The number of hydrogen-bond donors (Lipinski definition) is 0. The third kappa shape index (κ3) is 6.69. The maximum Gasteiger partial charge on any atom is 0.160 e. The van der Waals surface area contributed by atoms with Gasteiger partial charge in [-0.1, -0.05) is 152 Å². The summed E-state index contributed by atoms with van der Waals surface area (Å²) in [6.07, 6.45) is 0. The normalized spacial score (nSPS) is 11.1. The van der Waals surface area contributed by atoms with Gasteiger partial charge in [-0.05, 0) is 88.3 Å². The minimum Gasteiger partial charge on any atom is -0.233 e. The molecule has 0 N–H and O–H groups in total. The van der Waals surface area contributed by atoms with Crippen LogP contribution >= 0.6 is 0 Å². The van der Waals surface area contributed by atoms with Gasteiger partial charge in [-0.25, -0.2) is 19.9 Å². The lowest BCUT2D eigenvalue weighted by molar-refractivity contribution is 1.06. The maximum absolute atomic E-state index is 5.20. The third-order valence-corrected chi connectivity index (χ3v) is 9.83. The van der Waals surface area contributed by atoms with Crippen LogP contribution in [0.25, 0.3) is 89.4 Å². The van der Waals surface area contributed by atoms with E-state index in [1.165, 1.54) is 16.3 Å². The van der Waals surface area contributed by atoms with Crippen LogP contribution in [0.15, 0.2) is 182 Å². The van der Waals surface area contributed by atoms with E-state index in [2.05, 4.69) is 174 Å². The van der Waals surface area contributed by atoms with Crippen LogP contribution in [-0.2, 0) is 0 Å².